The van der Waals surface area contributed by atoms with Gasteiger partial charge in [0.1, 0.15) is 0 Å². The summed E-state index contributed by atoms with van der Waals surface area (Å²) >= 11 is 0. The van der Waals surface area contributed by atoms with Crippen molar-refractivity contribution in [2.24, 2.45) is 23.2 Å². The lowest BCUT2D eigenvalue weighted by atomic mass is 9.74. The summed E-state index contributed by atoms with van der Waals surface area (Å²) in [6.45, 7) is 8.03. The number of aliphatic carboxylic acids is 1. The molecular weight excluding hydrogens is 270 g/mol. The van der Waals surface area contributed by atoms with E-state index in [0.29, 0.717) is 32.7 Å². The van der Waals surface area contributed by atoms with Crippen LogP contribution in [-0.4, -0.2) is 48.2 Å². The summed E-state index contributed by atoms with van der Waals surface area (Å²) < 4.78 is 5.44. The van der Waals surface area contributed by atoms with Gasteiger partial charge in [0.2, 0.25) is 5.91 Å². The first-order chi connectivity index (χ1) is 9.92. The maximum absolute atomic E-state index is 12.8. The number of hydrogen-bond acceptors (Lipinski definition) is 3. The summed E-state index contributed by atoms with van der Waals surface area (Å²) in [7, 11) is 0. The smallest absolute Gasteiger partial charge is 0.311 e. The van der Waals surface area contributed by atoms with Gasteiger partial charge in [-0.15, -0.1) is 0 Å². The molecule has 1 amide bonds. The van der Waals surface area contributed by atoms with Crippen LogP contribution >= 0.6 is 0 Å². The Morgan fingerprint density at radius 1 is 1.43 bits per heavy atom. The van der Waals surface area contributed by atoms with Gasteiger partial charge in [0.25, 0.3) is 0 Å². The minimum Gasteiger partial charge on any atom is -0.481 e. The normalized spacial score (nSPS) is 30.3. The van der Waals surface area contributed by atoms with E-state index in [2.05, 4.69) is 20.8 Å². The molecule has 2 aliphatic heterocycles. The Balaban J connectivity index is 2.15. The van der Waals surface area contributed by atoms with Crippen LogP contribution in [0.3, 0.4) is 0 Å². The van der Waals surface area contributed by atoms with E-state index < -0.39 is 11.4 Å². The molecule has 3 atom stereocenters. The largest absolute Gasteiger partial charge is 0.481 e. The second-order valence-corrected chi connectivity index (χ2v) is 6.84. The van der Waals surface area contributed by atoms with Crippen molar-refractivity contribution in [1.29, 1.82) is 0 Å². The average molecular weight is 297 g/mol. The third kappa shape index (κ3) is 2.93. The van der Waals surface area contributed by atoms with Gasteiger partial charge in [0.15, 0.2) is 0 Å². The number of rotatable bonds is 5. The van der Waals surface area contributed by atoms with Crippen LogP contribution < -0.4 is 0 Å². The predicted octanol–water partition coefficient (Wildman–Crippen LogP) is 2.01. The number of fused-ring (bicyclic) bond motifs is 1. The van der Waals surface area contributed by atoms with Crippen LogP contribution in [0.5, 0.6) is 0 Å². The van der Waals surface area contributed by atoms with E-state index in [9.17, 15) is 14.7 Å². The number of nitrogens with zero attached hydrogens (tertiary/aromatic N) is 1. The van der Waals surface area contributed by atoms with Crippen molar-refractivity contribution < 1.29 is 19.4 Å². The van der Waals surface area contributed by atoms with E-state index in [0.717, 1.165) is 12.8 Å². The number of amides is 1. The summed E-state index contributed by atoms with van der Waals surface area (Å²) in [6.07, 6.45) is 2.35. The molecule has 1 unspecified atom stereocenters. The molecule has 2 fully saturated rings. The first-order valence-electron chi connectivity index (χ1n) is 8.02. The topological polar surface area (TPSA) is 66.8 Å². The molecule has 120 valence electrons. The van der Waals surface area contributed by atoms with Gasteiger partial charge in [-0.1, -0.05) is 27.2 Å². The van der Waals surface area contributed by atoms with Crippen LogP contribution in [0.2, 0.25) is 0 Å². The molecule has 21 heavy (non-hydrogen) atoms. The minimum absolute atomic E-state index is 0.00177. The second kappa shape index (κ2) is 6.34. The van der Waals surface area contributed by atoms with E-state index in [1.54, 1.807) is 4.90 Å². The Kier molecular flexibility index (Phi) is 4.91. The molecule has 5 nitrogen and oxygen atoms in total. The fraction of sp³-hybridized carbons (Fsp3) is 0.875. The highest BCUT2D eigenvalue weighted by Gasteiger charge is 2.55. The molecule has 0 aromatic heterocycles. The number of ether oxygens (including phenoxy) is 1. The summed E-state index contributed by atoms with van der Waals surface area (Å²) in [5, 5.41) is 9.66. The Hall–Kier alpha value is -1.10. The van der Waals surface area contributed by atoms with Gasteiger partial charge < -0.3 is 14.7 Å². The van der Waals surface area contributed by atoms with Crippen molar-refractivity contribution in [3.05, 3.63) is 0 Å². The number of carbonyl (C=O) groups is 2. The SMILES string of the molecule is CCCC(C(=O)N1C[C@H]2COCC[C@@]2(C(=O)O)C1)C(C)C. The summed E-state index contributed by atoms with van der Waals surface area (Å²) in [4.78, 5) is 26.3. The third-order valence-electron chi connectivity index (χ3n) is 5.17. The van der Waals surface area contributed by atoms with Crippen LogP contribution in [0.15, 0.2) is 0 Å². The lowest BCUT2D eigenvalue weighted by molar-refractivity contribution is -0.157. The van der Waals surface area contributed by atoms with Crippen LogP contribution in [0.25, 0.3) is 0 Å². The second-order valence-electron chi connectivity index (χ2n) is 6.84. The van der Waals surface area contributed by atoms with Gasteiger partial charge >= 0.3 is 5.97 Å². The van der Waals surface area contributed by atoms with Crippen molar-refractivity contribution in [1.82, 2.24) is 4.90 Å². The maximum atomic E-state index is 12.8. The molecular formula is C16H27NO4. The average Bonchev–Trinajstić information content (AvgIpc) is 2.84. The van der Waals surface area contributed by atoms with Crippen LogP contribution in [0.1, 0.15) is 40.0 Å². The zero-order valence-corrected chi connectivity index (χ0v) is 13.3. The number of carboxylic acid groups (broad SMARTS) is 1. The van der Waals surface area contributed by atoms with Gasteiger partial charge in [0, 0.05) is 31.5 Å². The highest BCUT2D eigenvalue weighted by molar-refractivity contribution is 5.82. The van der Waals surface area contributed by atoms with Crippen molar-refractivity contribution in [3.8, 4) is 0 Å². The number of carboxylic acids is 1. The Labute approximate surface area is 126 Å². The molecule has 0 aromatic carbocycles. The molecule has 0 spiro atoms. The minimum atomic E-state index is -0.790. The molecule has 0 aliphatic carbocycles. The molecule has 1 N–H and O–H groups in total. The van der Waals surface area contributed by atoms with Crippen LogP contribution in [0, 0.1) is 23.2 Å². The summed E-state index contributed by atoms with van der Waals surface area (Å²) in [6, 6.07) is 0. The van der Waals surface area contributed by atoms with E-state index in [1.807, 2.05) is 0 Å². The van der Waals surface area contributed by atoms with Crippen molar-refractivity contribution >= 4 is 11.9 Å². The highest BCUT2D eigenvalue weighted by atomic mass is 16.5. The number of likely N-dealkylation sites (tertiary alicyclic amines) is 1. The lowest BCUT2D eigenvalue weighted by Crippen LogP contribution is -2.45. The zero-order valence-electron chi connectivity index (χ0n) is 13.3. The molecule has 2 saturated heterocycles. The van der Waals surface area contributed by atoms with E-state index >= 15 is 0 Å². The first kappa shape index (κ1) is 16.3. The van der Waals surface area contributed by atoms with Gasteiger partial charge in [-0.2, -0.15) is 0 Å². The zero-order chi connectivity index (χ0) is 15.6. The monoisotopic (exact) mass is 297 g/mol. The molecule has 2 heterocycles. The van der Waals surface area contributed by atoms with Crippen molar-refractivity contribution in [2.75, 3.05) is 26.3 Å². The number of carbonyl (C=O) groups excluding carboxylic acids is 1. The maximum Gasteiger partial charge on any atom is 0.311 e. The van der Waals surface area contributed by atoms with Crippen LogP contribution in [0.4, 0.5) is 0 Å². The predicted molar refractivity (Wildman–Crippen MR) is 78.8 cm³/mol. The Bertz CT molecular complexity index is 409. The highest BCUT2D eigenvalue weighted by Crippen LogP contribution is 2.43. The Morgan fingerprint density at radius 3 is 2.67 bits per heavy atom. The Morgan fingerprint density at radius 2 is 2.14 bits per heavy atom. The van der Waals surface area contributed by atoms with Gasteiger partial charge in [-0.05, 0) is 18.8 Å². The quantitative estimate of drug-likeness (QED) is 0.843. The number of hydrogen-bond donors (Lipinski definition) is 1. The van der Waals surface area contributed by atoms with Gasteiger partial charge in [0.05, 0.1) is 12.0 Å². The molecule has 0 bridgehead atoms. The molecule has 2 aliphatic rings. The molecule has 2 rings (SSSR count). The molecule has 5 heteroatoms. The summed E-state index contributed by atoms with van der Waals surface area (Å²) in [5.74, 6) is -0.425. The third-order valence-corrected chi connectivity index (χ3v) is 5.17. The lowest BCUT2D eigenvalue weighted by Gasteiger charge is -2.34. The fourth-order valence-corrected chi connectivity index (χ4v) is 3.75. The first-order valence-corrected chi connectivity index (χ1v) is 8.02. The van der Waals surface area contributed by atoms with Gasteiger partial charge in [-0.3, -0.25) is 9.59 Å². The summed E-state index contributed by atoms with van der Waals surface area (Å²) in [5.41, 5.74) is -0.790. The molecule has 0 radical (unpaired) electrons. The van der Waals surface area contributed by atoms with Crippen molar-refractivity contribution in [2.45, 2.75) is 40.0 Å². The van der Waals surface area contributed by atoms with E-state index in [4.69, 9.17) is 4.74 Å². The van der Waals surface area contributed by atoms with Gasteiger partial charge in [-0.25, -0.2) is 0 Å². The van der Waals surface area contributed by atoms with Crippen LogP contribution in [-0.2, 0) is 14.3 Å². The standard InChI is InChI=1S/C16H27NO4/c1-4-5-13(11(2)3)14(18)17-8-12-9-21-7-6-16(12,10-17)15(19)20/h11-13H,4-10H2,1-3H3,(H,19,20)/t12-,13?,16+/m0/s1. The molecule has 0 aromatic rings. The van der Waals surface area contributed by atoms with E-state index in [1.165, 1.54) is 0 Å². The fourth-order valence-electron chi connectivity index (χ4n) is 3.75. The molecule has 0 saturated carbocycles. The van der Waals surface area contributed by atoms with Crippen molar-refractivity contribution in [3.63, 3.8) is 0 Å². The van der Waals surface area contributed by atoms with E-state index in [-0.39, 0.29) is 23.7 Å².